The van der Waals surface area contributed by atoms with Crippen molar-refractivity contribution in [2.75, 3.05) is 0 Å². The Morgan fingerprint density at radius 3 is 2.56 bits per heavy atom. The quantitative estimate of drug-likeness (QED) is 0.478. The van der Waals surface area contributed by atoms with Crippen LogP contribution in [0.25, 0.3) is 0 Å². The zero-order valence-electron chi connectivity index (χ0n) is 8.84. The average Bonchev–Trinajstić information content (AvgIpc) is 2.31. The van der Waals surface area contributed by atoms with Gasteiger partial charge in [-0.05, 0) is 12.1 Å². The van der Waals surface area contributed by atoms with Gasteiger partial charge in [-0.1, -0.05) is 12.1 Å². The molecule has 0 bridgehead atoms. The van der Waals surface area contributed by atoms with E-state index in [9.17, 15) is 18.9 Å². The third kappa shape index (κ3) is 2.40. The Morgan fingerprint density at radius 2 is 1.89 bits per heavy atom. The van der Waals surface area contributed by atoms with Gasteiger partial charge in [-0.3, -0.25) is 10.1 Å². The van der Waals surface area contributed by atoms with Crippen LogP contribution < -0.4 is 4.74 Å². The van der Waals surface area contributed by atoms with Crippen LogP contribution in [0.5, 0.6) is 11.6 Å². The predicted molar refractivity (Wildman–Crippen MR) is 57.3 cm³/mol. The second-order valence-electron chi connectivity index (χ2n) is 3.25. The Morgan fingerprint density at radius 1 is 1.17 bits per heavy atom. The van der Waals surface area contributed by atoms with Crippen LogP contribution in [0.3, 0.4) is 0 Å². The zero-order chi connectivity index (χ0) is 13.1. The molecule has 0 amide bonds. The molecule has 92 valence electrons. The minimum absolute atomic E-state index is 0.261. The molecule has 0 unspecified atom stereocenters. The van der Waals surface area contributed by atoms with E-state index < -0.39 is 28.1 Å². The van der Waals surface area contributed by atoms with E-state index in [0.717, 1.165) is 18.2 Å². The summed E-state index contributed by atoms with van der Waals surface area (Å²) >= 11 is 0. The fourth-order valence-corrected chi connectivity index (χ4v) is 1.29. The summed E-state index contributed by atoms with van der Waals surface area (Å²) < 4.78 is 31.2. The molecule has 5 nitrogen and oxygen atoms in total. The van der Waals surface area contributed by atoms with E-state index >= 15 is 0 Å². The fraction of sp³-hybridized carbons (Fsp3) is 0. The molecule has 1 aromatic heterocycles. The van der Waals surface area contributed by atoms with Crippen molar-refractivity contribution in [2.24, 2.45) is 0 Å². The summed E-state index contributed by atoms with van der Waals surface area (Å²) in [6.45, 7) is 0. The fourth-order valence-electron chi connectivity index (χ4n) is 1.29. The van der Waals surface area contributed by atoms with Crippen molar-refractivity contribution >= 4 is 5.69 Å². The van der Waals surface area contributed by atoms with Crippen molar-refractivity contribution in [2.45, 2.75) is 0 Å². The van der Waals surface area contributed by atoms with Crippen LogP contribution >= 0.6 is 0 Å². The summed E-state index contributed by atoms with van der Waals surface area (Å²) in [5, 5.41) is 10.7. The number of nitrogens with zero attached hydrogens (tertiary/aromatic N) is 2. The highest BCUT2D eigenvalue weighted by Crippen LogP contribution is 2.32. The Bertz CT molecular complexity index is 605. The molecule has 7 heteroatoms. The van der Waals surface area contributed by atoms with Crippen LogP contribution in [-0.4, -0.2) is 9.91 Å². The van der Waals surface area contributed by atoms with E-state index in [1.165, 1.54) is 18.2 Å². The lowest BCUT2D eigenvalue weighted by atomic mass is 10.3. The van der Waals surface area contributed by atoms with Gasteiger partial charge in [0.1, 0.15) is 0 Å². The van der Waals surface area contributed by atoms with Gasteiger partial charge >= 0.3 is 5.69 Å². The minimum Gasteiger partial charge on any atom is -0.429 e. The number of para-hydroxylation sites is 1. The molecule has 0 atom stereocenters. The van der Waals surface area contributed by atoms with Crippen molar-refractivity contribution in [1.29, 1.82) is 0 Å². The molecule has 0 N–H and O–H groups in total. The summed E-state index contributed by atoms with van der Waals surface area (Å²) in [6.07, 6.45) is 0. The first-order valence-electron chi connectivity index (χ1n) is 4.81. The number of ether oxygens (including phenoxy) is 1. The van der Waals surface area contributed by atoms with Crippen molar-refractivity contribution < 1.29 is 18.4 Å². The summed E-state index contributed by atoms with van der Waals surface area (Å²) in [4.78, 5) is 13.2. The van der Waals surface area contributed by atoms with Gasteiger partial charge in [0.15, 0.2) is 5.82 Å². The Labute approximate surface area is 99.8 Å². The highest BCUT2D eigenvalue weighted by atomic mass is 19.1. The number of benzene rings is 1. The molecule has 2 rings (SSSR count). The molecule has 18 heavy (non-hydrogen) atoms. The van der Waals surface area contributed by atoms with Crippen LogP contribution in [0.15, 0.2) is 36.4 Å². The lowest BCUT2D eigenvalue weighted by molar-refractivity contribution is -0.385. The number of aromatic nitrogens is 1. The lowest BCUT2D eigenvalue weighted by Crippen LogP contribution is -1.97. The van der Waals surface area contributed by atoms with E-state index in [-0.39, 0.29) is 5.88 Å². The maximum absolute atomic E-state index is 13.4. The van der Waals surface area contributed by atoms with Gasteiger partial charge in [0.25, 0.3) is 0 Å². The standard InChI is InChI=1S/C11H6F2N2O3/c12-7-3-1-4-8(15(16)17)11(7)18-10-6-2-5-9(13)14-10/h1-6H. The molecule has 0 aliphatic carbocycles. The molecule has 0 radical (unpaired) electrons. The Balaban J connectivity index is 2.42. The van der Waals surface area contributed by atoms with Crippen molar-refractivity contribution in [3.8, 4) is 11.6 Å². The monoisotopic (exact) mass is 252 g/mol. The van der Waals surface area contributed by atoms with Crippen molar-refractivity contribution in [3.63, 3.8) is 0 Å². The van der Waals surface area contributed by atoms with E-state index in [1.807, 2.05) is 0 Å². The number of hydrogen-bond acceptors (Lipinski definition) is 4. The molecule has 2 aromatic rings. The summed E-state index contributed by atoms with van der Waals surface area (Å²) in [6, 6.07) is 6.89. The summed E-state index contributed by atoms with van der Waals surface area (Å²) in [5.41, 5.74) is -0.555. The second kappa shape index (κ2) is 4.74. The zero-order valence-corrected chi connectivity index (χ0v) is 8.84. The van der Waals surface area contributed by atoms with Crippen molar-refractivity contribution in [3.05, 3.63) is 58.3 Å². The summed E-state index contributed by atoms with van der Waals surface area (Å²) in [7, 11) is 0. The predicted octanol–water partition coefficient (Wildman–Crippen LogP) is 3.06. The SMILES string of the molecule is O=[N+]([O-])c1cccc(F)c1Oc1cccc(F)n1. The maximum atomic E-state index is 13.4. The Kier molecular flexibility index (Phi) is 3.13. The molecule has 0 aliphatic heterocycles. The van der Waals surface area contributed by atoms with Gasteiger partial charge < -0.3 is 4.74 Å². The van der Waals surface area contributed by atoms with Crippen LogP contribution in [0.1, 0.15) is 0 Å². The minimum atomic E-state index is -0.921. The van der Waals surface area contributed by atoms with E-state index in [2.05, 4.69) is 4.98 Å². The van der Waals surface area contributed by atoms with Gasteiger partial charge in [-0.2, -0.15) is 9.37 Å². The number of nitro benzene ring substituents is 1. The third-order valence-corrected chi connectivity index (χ3v) is 2.04. The summed E-state index contributed by atoms with van der Waals surface area (Å²) in [5.74, 6) is -2.61. The molecule has 1 heterocycles. The van der Waals surface area contributed by atoms with E-state index in [4.69, 9.17) is 4.74 Å². The van der Waals surface area contributed by atoms with E-state index in [0.29, 0.717) is 0 Å². The molecule has 0 spiro atoms. The van der Waals surface area contributed by atoms with Gasteiger partial charge in [-0.15, -0.1) is 0 Å². The highest BCUT2D eigenvalue weighted by Gasteiger charge is 2.20. The van der Waals surface area contributed by atoms with Gasteiger partial charge in [0, 0.05) is 12.1 Å². The lowest BCUT2D eigenvalue weighted by Gasteiger charge is -2.05. The third-order valence-electron chi connectivity index (χ3n) is 2.04. The number of hydrogen-bond donors (Lipinski definition) is 0. The largest absolute Gasteiger partial charge is 0.429 e. The molecule has 0 fully saturated rings. The Hall–Kier alpha value is -2.57. The number of pyridine rings is 1. The maximum Gasteiger partial charge on any atom is 0.314 e. The molecule has 0 saturated carbocycles. The normalized spacial score (nSPS) is 10.1. The highest BCUT2D eigenvalue weighted by molar-refractivity contribution is 5.48. The topological polar surface area (TPSA) is 65.3 Å². The molecule has 0 aliphatic rings. The van der Waals surface area contributed by atoms with Crippen molar-refractivity contribution in [1.82, 2.24) is 4.98 Å². The molecule has 0 saturated heterocycles. The van der Waals surface area contributed by atoms with Crippen LogP contribution in [0.4, 0.5) is 14.5 Å². The number of halogens is 2. The van der Waals surface area contributed by atoms with Gasteiger partial charge in [-0.25, -0.2) is 4.39 Å². The average molecular weight is 252 g/mol. The smallest absolute Gasteiger partial charge is 0.314 e. The van der Waals surface area contributed by atoms with Crippen LogP contribution in [-0.2, 0) is 0 Å². The molecule has 1 aromatic carbocycles. The number of nitro groups is 1. The molecular formula is C11H6F2N2O3. The second-order valence-corrected chi connectivity index (χ2v) is 3.25. The first-order chi connectivity index (χ1) is 8.58. The first kappa shape index (κ1) is 11.9. The van der Waals surface area contributed by atoms with Crippen LogP contribution in [0.2, 0.25) is 0 Å². The van der Waals surface area contributed by atoms with Gasteiger partial charge in [0.2, 0.25) is 17.6 Å². The molecular weight excluding hydrogens is 246 g/mol. The van der Waals surface area contributed by atoms with Crippen LogP contribution in [0, 0.1) is 21.9 Å². The number of rotatable bonds is 3. The first-order valence-corrected chi connectivity index (χ1v) is 4.81. The van der Waals surface area contributed by atoms with E-state index in [1.54, 1.807) is 0 Å². The van der Waals surface area contributed by atoms with Gasteiger partial charge in [0.05, 0.1) is 4.92 Å².